The SMILES string of the molecule is COc1ccc(C2c3c(oc4ccccc4c3=O)C(=O)N2CCc2ccccc2)cc1OC. The minimum absolute atomic E-state index is 0.103. The Labute approximate surface area is 191 Å². The predicted octanol–water partition coefficient (Wildman–Crippen LogP) is 4.60. The second-order valence-corrected chi connectivity index (χ2v) is 7.92. The van der Waals surface area contributed by atoms with E-state index in [0.717, 1.165) is 11.1 Å². The molecule has 0 N–H and O–H groups in total. The number of carbonyl (C=O) groups is 1. The van der Waals surface area contributed by atoms with Gasteiger partial charge in [0, 0.05) is 6.54 Å². The van der Waals surface area contributed by atoms with Crippen molar-refractivity contribution in [1.29, 1.82) is 0 Å². The highest BCUT2D eigenvalue weighted by atomic mass is 16.5. The molecule has 0 aliphatic carbocycles. The third-order valence-corrected chi connectivity index (χ3v) is 6.08. The first-order chi connectivity index (χ1) is 16.1. The summed E-state index contributed by atoms with van der Waals surface area (Å²) in [6.07, 6.45) is 0.651. The lowest BCUT2D eigenvalue weighted by Crippen LogP contribution is -2.31. The zero-order chi connectivity index (χ0) is 22.9. The Morgan fingerprint density at radius 1 is 0.879 bits per heavy atom. The van der Waals surface area contributed by atoms with Gasteiger partial charge in [0.05, 0.1) is 31.2 Å². The molecule has 3 aromatic carbocycles. The third-order valence-electron chi connectivity index (χ3n) is 6.08. The van der Waals surface area contributed by atoms with Crippen LogP contribution in [0.4, 0.5) is 0 Å². The molecule has 1 amide bonds. The maximum atomic E-state index is 13.6. The number of hydrogen-bond donors (Lipinski definition) is 0. The van der Waals surface area contributed by atoms with E-state index in [-0.39, 0.29) is 17.1 Å². The number of benzene rings is 3. The van der Waals surface area contributed by atoms with Crippen LogP contribution in [0.2, 0.25) is 0 Å². The Morgan fingerprint density at radius 2 is 1.61 bits per heavy atom. The average molecular weight is 441 g/mol. The Morgan fingerprint density at radius 3 is 2.36 bits per heavy atom. The van der Waals surface area contributed by atoms with E-state index in [4.69, 9.17) is 13.9 Å². The van der Waals surface area contributed by atoms with E-state index in [2.05, 4.69) is 0 Å². The molecule has 1 aliphatic heterocycles. The predicted molar refractivity (Wildman–Crippen MR) is 125 cm³/mol. The molecule has 4 aromatic rings. The topological polar surface area (TPSA) is 69.0 Å². The van der Waals surface area contributed by atoms with Crippen LogP contribution < -0.4 is 14.9 Å². The number of para-hydroxylation sites is 1. The van der Waals surface area contributed by atoms with Crippen molar-refractivity contribution in [3.05, 3.63) is 105 Å². The second-order valence-electron chi connectivity index (χ2n) is 7.92. The molecule has 1 aromatic heterocycles. The fourth-order valence-corrected chi connectivity index (χ4v) is 4.46. The Bertz CT molecular complexity index is 1390. The van der Waals surface area contributed by atoms with Crippen molar-refractivity contribution >= 4 is 16.9 Å². The molecule has 33 heavy (non-hydrogen) atoms. The van der Waals surface area contributed by atoms with E-state index in [1.54, 1.807) is 49.5 Å². The van der Waals surface area contributed by atoms with E-state index < -0.39 is 6.04 Å². The number of hydrogen-bond acceptors (Lipinski definition) is 5. The largest absolute Gasteiger partial charge is 0.493 e. The summed E-state index contributed by atoms with van der Waals surface area (Å²) in [7, 11) is 3.13. The standard InChI is InChI=1S/C27H23NO5/c1-31-21-13-12-18(16-22(21)32-2)24-23-25(29)19-10-6-7-11-20(19)33-26(23)27(30)28(24)15-14-17-8-4-3-5-9-17/h3-13,16,24H,14-15H2,1-2H3. The van der Waals surface area contributed by atoms with Crippen molar-refractivity contribution in [2.24, 2.45) is 0 Å². The quantitative estimate of drug-likeness (QED) is 0.438. The molecule has 166 valence electrons. The molecule has 5 rings (SSSR count). The Hall–Kier alpha value is -4.06. The van der Waals surface area contributed by atoms with Crippen LogP contribution in [0.3, 0.4) is 0 Å². The molecule has 0 saturated heterocycles. The molecule has 2 heterocycles. The van der Waals surface area contributed by atoms with E-state index in [1.165, 1.54) is 0 Å². The zero-order valence-electron chi connectivity index (χ0n) is 18.4. The van der Waals surface area contributed by atoms with Crippen molar-refractivity contribution in [3.63, 3.8) is 0 Å². The van der Waals surface area contributed by atoms with E-state index in [1.807, 2.05) is 42.5 Å². The van der Waals surface area contributed by atoms with Gasteiger partial charge in [-0.2, -0.15) is 0 Å². The van der Waals surface area contributed by atoms with Crippen LogP contribution >= 0.6 is 0 Å². The Kier molecular flexibility index (Phi) is 5.34. The summed E-state index contributed by atoms with van der Waals surface area (Å²) >= 11 is 0. The van der Waals surface area contributed by atoms with Crippen LogP contribution in [0.25, 0.3) is 11.0 Å². The molecule has 1 unspecified atom stereocenters. The number of amides is 1. The summed E-state index contributed by atoms with van der Waals surface area (Å²) in [6.45, 7) is 0.432. The highest BCUT2D eigenvalue weighted by Gasteiger charge is 2.42. The van der Waals surface area contributed by atoms with Gasteiger partial charge in [-0.05, 0) is 41.8 Å². The summed E-state index contributed by atoms with van der Waals surface area (Å²) in [4.78, 5) is 28.8. The fraction of sp³-hybridized carbons (Fsp3) is 0.185. The van der Waals surface area contributed by atoms with Gasteiger partial charge in [0.25, 0.3) is 5.91 Å². The van der Waals surface area contributed by atoms with Crippen LogP contribution in [-0.2, 0) is 6.42 Å². The van der Waals surface area contributed by atoms with Crippen LogP contribution in [0.15, 0.2) is 82.0 Å². The molecule has 0 saturated carbocycles. The molecular formula is C27H23NO5. The van der Waals surface area contributed by atoms with Gasteiger partial charge >= 0.3 is 0 Å². The van der Waals surface area contributed by atoms with Crippen molar-refractivity contribution in [1.82, 2.24) is 4.90 Å². The van der Waals surface area contributed by atoms with Crippen molar-refractivity contribution < 1.29 is 18.7 Å². The van der Waals surface area contributed by atoms with Gasteiger partial charge in [-0.3, -0.25) is 9.59 Å². The lowest BCUT2D eigenvalue weighted by Gasteiger charge is -2.25. The number of methoxy groups -OCH3 is 2. The highest BCUT2D eigenvalue weighted by molar-refractivity contribution is 5.99. The smallest absolute Gasteiger partial charge is 0.290 e. The number of nitrogens with zero attached hydrogens (tertiary/aromatic N) is 1. The molecule has 1 aliphatic rings. The number of fused-ring (bicyclic) bond motifs is 2. The van der Waals surface area contributed by atoms with Gasteiger partial charge in [-0.25, -0.2) is 0 Å². The molecule has 0 spiro atoms. The molecule has 0 fully saturated rings. The summed E-state index contributed by atoms with van der Waals surface area (Å²) in [5.41, 5.74) is 2.44. The first-order valence-electron chi connectivity index (χ1n) is 10.7. The van der Waals surface area contributed by atoms with Crippen molar-refractivity contribution in [3.8, 4) is 11.5 Å². The van der Waals surface area contributed by atoms with Gasteiger partial charge in [0.2, 0.25) is 5.76 Å². The van der Waals surface area contributed by atoms with Gasteiger partial charge in [0.1, 0.15) is 5.58 Å². The van der Waals surface area contributed by atoms with Gasteiger partial charge in [-0.1, -0.05) is 48.5 Å². The molecule has 0 bridgehead atoms. The first-order valence-corrected chi connectivity index (χ1v) is 10.7. The van der Waals surface area contributed by atoms with Crippen LogP contribution in [-0.4, -0.2) is 31.6 Å². The normalized spacial score (nSPS) is 15.0. The molecule has 0 radical (unpaired) electrons. The maximum absolute atomic E-state index is 13.6. The van der Waals surface area contributed by atoms with Gasteiger partial charge in [0.15, 0.2) is 16.9 Å². The molecular weight excluding hydrogens is 418 g/mol. The highest BCUT2D eigenvalue weighted by Crippen LogP contribution is 2.40. The minimum atomic E-state index is -0.586. The summed E-state index contributed by atoms with van der Waals surface area (Å²) in [5, 5.41) is 0.458. The maximum Gasteiger partial charge on any atom is 0.290 e. The first kappa shape index (κ1) is 20.8. The summed E-state index contributed by atoms with van der Waals surface area (Å²) in [5.74, 6) is 0.923. The van der Waals surface area contributed by atoms with Crippen molar-refractivity contribution in [2.75, 3.05) is 20.8 Å². The van der Waals surface area contributed by atoms with Crippen molar-refractivity contribution in [2.45, 2.75) is 12.5 Å². The fourth-order valence-electron chi connectivity index (χ4n) is 4.46. The van der Waals surface area contributed by atoms with Crippen LogP contribution in [0.1, 0.15) is 33.3 Å². The van der Waals surface area contributed by atoms with E-state index in [0.29, 0.717) is 41.0 Å². The van der Waals surface area contributed by atoms with Gasteiger partial charge in [-0.15, -0.1) is 0 Å². The lowest BCUT2D eigenvalue weighted by atomic mass is 9.97. The molecule has 1 atom stereocenters. The Balaban J connectivity index is 1.66. The summed E-state index contributed by atoms with van der Waals surface area (Å²) < 4.78 is 16.8. The monoisotopic (exact) mass is 441 g/mol. The molecule has 6 nitrogen and oxygen atoms in total. The van der Waals surface area contributed by atoms with Crippen LogP contribution in [0, 0.1) is 0 Å². The lowest BCUT2D eigenvalue weighted by molar-refractivity contribution is 0.0730. The van der Waals surface area contributed by atoms with E-state index >= 15 is 0 Å². The zero-order valence-corrected chi connectivity index (χ0v) is 18.4. The third kappa shape index (κ3) is 3.53. The molecule has 6 heteroatoms. The summed E-state index contributed by atoms with van der Waals surface area (Å²) in [6, 6.07) is 21.8. The number of carbonyl (C=O) groups excluding carboxylic acids is 1. The minimum Gasteiger partial charge on any atom is -0.493 e. The van der Waals surface area contributed by atoms with E-state index in [9.17, 15) is 9.59 Å². The number of ether oxygens (including phenoxy) is 2. The second kappa shape index (κ2) is 8.47. The average Bonchev–Trinajstić information content (AvgIpc) is 3.14. The van der Waals surface area contributed by atoms with Gasteiger partial charge < -0.3 is 18.8 Å². The van der Waals surface area contributed by atoms with Crippen LogP contribution in [0.5, 0.6) is 11.5 Å². The number of rotatable bonds is 6.